The molecule has 0 radical (unpaired) electrons. The third kappa shape index (κ3) is 6.40. The number of fused-ring (bicyclic) bond motifs is 1. The van der Waals surface area contributed by atoms with Gasteiger partial charge in [0.2, 0.25) is 0 Å². The van der Waals surface area contributed by atoms with E-state index in [0.29, 0.717) is 18.4 Å². The molecule has 5 rings (SSSR count). The zero-order chi connectivity index (χ0) is 30.2. The first-order valence-electron chi connectivity index (χ1n) is 14.3. The minimum Gasteiger partial charge on any atom is -0.329 e. The van der Waals surface area contributed by atoms with Gasteiger partial charge in [-0.1, -0.05) is 24.9 Å². The highest BCUT2D eigenvalue weighted by Gasteiger charge is 2.32. The van der Waals surface area contributed by atoms with E-state index in [9.17, 15) is 17.6 Å². The summed E-state index contributed by atoms with van der Waals surface area (Å²) in [4.78, 5) is 10.5. The molecule has 3 aromatic heterocycles. The van der Waals surface area contributed by atoms with Crippen LogP contribution in [0.2, 0.25) is 0 Å². The molecule has 0 spiro atoms. The van der Waals surface area contributed by atoms with Gasteiger partial charge in [0.15, 0.2) is 5.65 Å². The predicted octanol–water partition coefficient (Wildman–Crippen LogP) is 5.22. The summed E-state index contributed by atoms with van der Waals surface area (Å²) in [6.07, 6.45) is 0.830. The van der Waals surface area contributed by atoms with Gasteiger partial charge in [-0.05, 0) is 79.9 Å². The van der Waals surface area contributed by atoms with E-state index < -0.39 is 17.6 Å². The Morgan fingerprint density at radius 1 is 1.05 bits per heavy atom. The molecule has 1 unspecified atom stereocenters. The van der Waals surface area contributed by atoms with Crippen molar-refractivity contribution in [3.05, 3.63) is 58.2 Å². The van der Waals surface area contributed by atoms with E-state index in [1.807, 2.05) is 14.0 Å². The molecule has 1 atom stereocenters. The molecule has 1 fully saturated rings. The number of aromatic nitrogens is 7. The summed E-state index contributed by atoms with van der Waals surface area (Å²) in [5.41, 5.74) is 2.51. The Labute approximate surface area is 242 Å². The number of likely N-dealkylation sites (N-methyl/N-ethyl adjacent to an activating group) is 1. The summed E-state index contributed by atoms with van der Waals surface area (Å²) >= 11 is 0. The summed E-state index contributed by atoms with van der Waals surface area (Å²) in [6, 6.07) is 4.93. The zero-order valence-electron chi connectivity index (χ0n) is 24.7. The van der Waals surface area contributed by atoms with Crippen molar-refractivity contribution in [2.24, 2.45) is 20.0 Å². The lowest BCUT2D eigenvalue weighted by molar-refractivity contribution is -0.137. The van der Waals surface area contributed by atoms with Gasteiger partial charge in [0.1, 0.15) is 5.82 Å². The third-order valence-electron chi connectivity index (χ3n) is 8.38. The Kier molecular flexibility index (Phi) is 8.49. The van der Waals surface area contributed by atoms with Crippen molar-refractivity contribution in [1.29, 1.82) is 0 Å². The molecule has 3 heterocycles. The number of hydrogen-bond donors (Lipinski definition) is 0. The first-order valence-corrected chi connectivity index (χ1v) is 14.3. The van der Waals surface area contributed by atoms with Gasteiger partial charge in [-0.25, -0.2) is 9.37 Å². The highest BCUT2D eigenvalue weighted by molar-refractivity contribution is 5.79. The fraction of sp³-hybridized carbons (Fsp3) is 0.552. The first-order chi connectivity index (χ1) is 19.9. The Morgan fingerprint density at radius 2 is 1.79 bits per heavy atom. The number of rotatable bonds is 10. The lowest BCUT2D eigenvalue weighted by Gasteiger charge is -2.33. The molecule has 1 saturated carbocycles. The summed E-state index contributed by atoms with van der Waals surface area (Å²) in [6.45, 7) is 5.16. The number of aryl methyl sites for hydroxylation is 3. The minimum atomic E-state index is -4.67. The van der Waals surface area contributed by atoms with Crippen LogP contribution in [0.1, 0.15) is 60.7 Å². The first kappa shape index (κ1) is 29.9. The van der Waals surface area contributed by atoms with Crippen molar-refractivity contribution in [3.8, 4) is 0 Å². The maximum absolute atomic E-state index is 14.3. The third-order valence-corrected chi connectivity index (χ3v) is 8.38. The summed E-state index contributed by atoms with van der Waals surface area (Å²) in [5.74, 6) is -0.176. The lowest BCUT2D eigenvalue weighted by atomic mass is 9.91. The molecule has 0 N–H and O–H groups in total. The zero-order valence-corrected chi connectivity index (χ0v) is 24.7. The topological polar surface area (TPSA) is 80.8 Å². The predicted molar refractivity (Wildman–Crippen MR) is 151 cm³/mol. The van der Waals surface area contributed by atoms with Gasteiger partial charge in [0, 0.05) is 43.7 Å². The van der Waals surface area contributed by atoms with Gasteiger partial charge in [-0.2, -0.15) is 23.1 Å². The van der Waals surface area contributed by atoms with Crippen LogP contribution in [0.5, 0.6) is 0 Å². The van der Waals surface area contributed by atoms with E-state index in [0.717, 1.165) is 46.7 Å². The smallest absolute Gasteiger partial charge is 0.329 e. The van der Waals surface area contributed by atoms with E-state index in [2.05, 4.69) is 45.4 Å². The van der Waals surface area contributed by atoms with Gasteiger partial charge in [-0.15, -0.1) is 5.10 Å². The molecule has 0 aliphatic heterocycles. The molecule has 1 aliphatic carbocycles. The van der Waals surface area contributed by atoms with Crippen molar-refractivity contribution >= 4 is 17.0 Å². The summed E-state index contributed by atoms with van der Waals surface area (Å²) in [7, 11) is 5.63. The number of tetrazole rings is 1. The maximum atomic E-state index is 14.3. The maximum Gasteiger partial charge on any atom is 0.416 e. The second kappa shape index (κ2) is 11.9. The molecular weight excluding hydrogens is 550 g/mol. The quantitative estimate of drug-likeness (QED) is 0.236. The van der Waals surface area contributed by atoms with Crippen LogP contribution in [0.3, 0.4) is 0 Å². The number of halogens is 4. The molecule has 226 valence electrons. The minimum absolute atomic E-state index is 0.0586. The van der Waals surface area contributed by atoms with Gasteiger partial charge in [0.25, 0.3) is 5.95 Å². The number of anilines is 1. The van der Waals surface area contributed by atoms with Gasteiger partial charge >= 0.3 is 6.18 Å². The number of pyridine rings is 1. The Bertz CT molecular complexity index is 1540. The molecule has 0 saturated heterocycles. The van der Waals surface area contributed by atoms with Crippen molar-refractivity contribution < 1.29 is 17.6 Å². The van der Waals surface area contributed by atoms with Crippen molar-refractivity contribution in [2.75, 3.05) is 18.5 Å². The number of hydrogen-bond acceptors (Lipinski definition) is 7. The molecule has 1 aliphatic rings. The van der Waals surface area contributed by atoms with Crippen LogP contribution >= 0.6 is 0 Å². The van der Waals surface area contributed by atoms with Crippen LogP contribution in [0.15, 0.2) is 24.3 Å². The van der Waals surface area contributed by atoms with E-state index in [1.165, 1.54) is 30.5 Å². The average molecular weight is 588 g/mol. The Balaban J connectivity index is 1.57. The van der Waals surface area contributed by atoms with Gasteiger partial charge in [-0.3, -0.25) is 4.68 Å². The van der Waals surface area contributed by atoms with Crippen LogP contribution in [-0.4, -0.2) is 59.5 Å². The van der Waals surface area contributed by atoms with E-state index >= 15 is 0 Å². The van der Waals surface area contributed by atoms with E-state index in [1.54, 1.807) is 16.6 Å². The summed E-state index contributed by atoms with van der Waals surface area (Å²) in [5, 5.41) is 17.9. The molecule has 4 aromatic rings. The molecule has 1 aromatic carbocycles. The second-order valence-electron chi connectivity index (χ2n) is 11.3. The van der Waals surface area contributed by atoms with Gasteiger partial charge < -0.3 is 9.80 Å². The molecule has 0 bridgehead atoms. The molecule has 0 amide bonds. The van der Waals surface area contributed by atoms with E-state index in [-0.39, 0.29) is 30.6 Å². The van der Waals surface area contributed by atoms with Crippen LogP contribution in [0.25, 0.3) is 11.0 Å². The lowest BCUT2D eigenvalue weighted by Crippen LogP contribution is -2.39. The van der Waals surface area contributed by atoms with Crippen molar-refractivity contribution in [2.45, 2.75) is 71.3 Å². The van der Waals surface area contributed by atoms with Crippen LogP contribution in [0, 0.1) is 18.7 Å². The Morgan fingerprint density at radius 3 is 2.43 bits per heavy atom. The average Bonchev–Trinajstić information content (AvgIpc) is 3.67. The molecule has 42 heavy (non-hydrogen) atoms. The Hall–Kier alpha value is -3.61. The van der Waals surface area contributed by atoms with Crippen LogP contribution in [0.4, 0.5) is 23.5 Å². The summed E-state index contributed by atoms with van der Waals surface area (Å²) < 4.78 is 56.6. The van der Waals surface area contributed by atoms with E-state index in [4.69, 9.17) is 4.98 Å². The highest BCUT2D eigenvalue weighted by atomic mass is 19.4. The highest BCUT2D eigenvalue weighted by Crippen LogP contribution is 2.34. The molecule has 13 heteroatoms. The standard InChI is InChI=1S/C29H37F4N9/c1-6-39(3)26(20-9-7-8-10-20)15-25-21(13-24-18(2)36-40(4)27(24)34-25)17-42(28-35-38-41(5)37-28)16-19-11-22(29(31,32)33)14-23(30)12-19/h11-14,20,26H,6-10,15-17H2,1-5H3. The van der Waals surface area contributed by atoms with Crippen LogP contribution in [-0.2, 0) is 39.8 Å². The normalized spacial score (nSPS) is 15.3. The van der Waals surface area contributed by atoms with Crippen molar-refractivity contribution in [3.63, 3.8) is 0 Å². The van der Waals surface area contributed by atoms with Crippen LogP contribution < -0.4 is 4.90 Å². The molecule has 9 nitrogen and oxygen atoms in total. The molecular formula is C29H37F4N9. The number of nitrogens with zero attached hydrogens (tertiary/aromatic N) is 9. The van der Waals surface area contributed by atoms with Gasteiger partial charge in [0.05, 0.1) is 18.3 Å². The monoisotopic (exact) mass is 587 g/mol. The number of benzene rings is 1. The second-order valence-corrected chi connectivity index (χ2v) is 11.3. The largest absolute Gasteiger partial charge is 0.416 e. The van der Waals surface area contributed by atoms with Crippen molar-refractivity contribution in [1.82, 2.24) is 39.9 Å². The number of alkyl halides is 3. The SMILES string of the molecule is CCN(C)C(Cc1nc2c(cc1CN(Cc1cc(F)cc(C(F)(F)F)c1)c1nnn(C)n1)c(C)nn2C)C1CCCC1. The fourth-order valence-corrected chi connectivity index (χ4v) is 6.12. The fourth-order valence-electron chi connectivity index (χ4n) is 6.12.